The highest BCUT2D eigenvalue weighted by Gasteiger charge is 2.03. The van der Waals surface area contributed by atoms with Gasteiger partial charge in [0.05, 0.1) is 7.11 Å². The van der Waals surface area contributed by atoms with Crippen molar-refractivity contribution < 1.29 is 9.47 Å². The fraction of sp³-hybridized carbons (Fsp3) is 0.267. The molecule has 4 nitrogen and oxygen atoms in total. The Balaban J connectivity index is 2.01. The van der Waals surface area contributed by atoms with Crippen LogP contribution in [0.25, 0.3) is 0 Å². The zero-order valence-electron chi connectivity index (χ0n) is 11.2. The molecular weight excluding hydrogens is 240 g/mol. The van der Waals surface area contributed by atoms with Gasteiger partial charge in [-0.2, -0.15) is 0 Å². The minimum atomic E-state index is 0.532. The second-order valence-corrected chi connectivity index (χ2v) is 4.15. The second kappa shape index (κ2) is 6.75. The molecule has 1 aromatic heterocycles. The van der Waals surface area contributed by atoms with Crippen molar-refractivity contribution in [3.63, 3.8) is 0 Å². The summed E-state index contributed by atoms with van der Waals surface area (Å²) in [6.45, 7) is 1.27. The summed E-state index contributed by atoms with van der Waals surface area (Å²) in [7, 11) is 3.56. The van der Waals surface area contributed by atoms with Gasteiger partial charge in [0.15, 0.2) is 0 Å². The minimum absolute atomic E-state index is 0.532. The molecule has 0 aliphatic rings. The number of rotatable bonds is 6. The Kier molecular flexibility index (Phi) is 4.75. The van der Waals surface area contributed by atoms with E-state index in [1.165, 1.54) is 0 Å². The number of methoxy groups -OCH3 is 1. The maximum Gasteiger partial charge on any atom is 0.127 e. The van der Waals surface area contributed by atoms with Crippen LogP contribution < -0.4 is 14.8 Å². The van der Waals surface area contributed by atoms with Gasteiger partial charge in [0, 0.05) is 24.5 Å². The molecule has 1 heterocycles. The smallest absolute Gasteiger partial charge is 0.127 e. The maximum absolute atomic E-state index is 5.83. The zero-order chi connectivity index (χ0) is 13.5. The van der Waals surface area contributed by atoms with Gasteiger partial charge in [-0.3, -0.25) is 4.98 Å². The number of hydrogen-bond acceptors (Lipinski definition) is 4. The number of hydrogen-bond donors (Lipinski definition) is 1. The van der Waals surface area contributed by atoms with E-state index < -0.39 is 0 Å². The van der Waals surface area contributed by atoms with E-state index in [9.17, 15) is 0 Å². The van der Waals surface area contributed by atoms with Crippen LogP contribution in [0.2, 0.25) is 0 Å². The molecule has 0 saturated heterocycles. The molecule has 19 heavy (non-hydrogen) atoms. The topological polar surface area (TPSA) is 43.4 Å². The summed E-state index contributed by atoms with van der Waals surface area (Å²) >= 11 is 0. The van der Waals surface area contributed by atoms with Crippen molar-refractivity contribution in [1.82, 2.24) is 10.3 Å². The van der Waals surface area contributed by atoms with Crippen molar-refractivity contribution in [3.05, 3.63) is 53.9 Å². The van der Waals surface area contributed by atoms with Crippen LogP contribution in [-0.4, -0.2) is 19.1 Å². The SMILES string of the molecule is CNCc1cnccc1OCc1ccc(OC)cc1. The molecule has 0 fully saturated rings. The van der Waals surface area contributed by atoms with Crippen LogP contribution in [-0.2, 0) is 13.2 Å². The normalized spacial score (nSPS) is 10.2. The summed E-state index contributed by atoms with van der Waals surface area (Å²) < 4.78 is 11.0. The Hall–Kier alpha value is -2.07. The molecule has 0 saturated carbocycles. The van der Waals surface area contributed by atoms with Gasteiger partial charge in [0.25, 0.3) is 0 Å². The van der Waals surface area contributed by atoms with E-state index in [1.54, 1.807) is 13.3 Å². The van der Waals surface area contributed by atoms with Crippen molar-refractivity contribution in [2.75, 3.05) is 14.2 Å². The highest BCUT2D eigenvalue weighted by molar-refractivity contribution is 5.31. The van der Waals surface area contributed by atoms with Crippen LogP contribution in [0.5, 0.6) is 11.5 Å². The number of benzene rings is 1. The molecule has 0 amide bonds. The van der Waals surface area contributed by atoms with E-state index in [4.69, 9.17) is 9.47 Å². The molecule has 1 aromatic carbocycles. The fourth-order valence-corrected chi connectivity index (χ4v) is 1.76. The molecule has 2 rings (SSSR count). The van der Waals surface area contributed by atoms with Gasteiger partial charge in [-0.25, -0.2) is 0 Å². The van der Waals surface area contributed by atoms with Crippen molar-refractivity contribution in [1.29, 1.82) is 0 Å². The van der Waals surface area contributed by atoms with Crippen molar-refractivity contribution in [2.24, 2.45) is 0 Å². The van der Waals surface area contributed by atoms with Crippen LogP contribution in [0.4, 0.5) is 0 Å². The molecule has 0 aliphatic carbocycles. The molecular formula is C15H18N2O2. The number of ether oxygens (including phenoxy) is 2. The van der Waals surface area contributed by atoms with Crippen LogP contribution in [0.1, 0.15) is 11.1 Å². The lowest BCUT2D eigenvalue weighted by Gasteiger charge is -2.11. The quantitative estimate of drug-likeness (QED) is 0.864. The Morgan fingerprint density at radius 1 is 1.16 bits per heavy atom. The van der Waals surface area contributed by atoms with Gasteiger partial charge >= 0.3 is 0 Å². The van der Waals surface area contributed by atoms with E-state index in [-0.39, 0.29) is 0 Å². The van der Waals surface area contributed by atoms with Crippen molar-refractivity contribution in [3.8, 4) is 11.5 Å². The summed E-state index contributed by atoms with van der Waals surface area (Å²) in [5.41, 5.74) is 2.16. The van der Waals surface area contributed by atoms with Gasteiger partial charge in [-0.1, -0.05) is 12.1 Å². The highest BCUT2D eigenvalue weighted by Crippen LogP contribution is 2.19. The first-order valence-corrected chi connectivity index (χ1v) is 6.16. The first kappa shape index (κ1) is 13.4. The number of pyridine rings is 1. The Labute approximate surface area is 113 Å². The van der Waals surface area contributed by atoms with E-state index in [2.05, 4.69) is 10.3 Å². The minimum Gasteiger partial charge on any atom is -0.497 e. The van der Waals surface area contributed by atoms with E-state index in [1.807, 2.05) is 43.6 Å². The predicted molar refractivity (Wildman–Crippen MR) is 74.3 cm³/mol. The van der Waals surface area contributed by atoms with E-state index in [0.717, 1.165) is 29.2 Å². The molecule has 1 N–H and O–H groups in total. The van der Waals surface area contributed by atoms with Gasteiger partial charge < -0.3 is 14.8 Å². The molecule has 0 aliphatic heterocycles. The van der Waals surface area contributed by atoms with Gasteiger partial charge in [0.1, 0.15) is 18.1 Å². The maximum atomic E-state index is 5.83. The fourth-order valence-electron chi connectivity index (χ4n) is 1.76. The van der Waals surface area contributed by atoms with Gasteiger partial charge in [-0.05, 0) is 30.8 Å². The molecule has 100 valence electrons. The van der Waals surface area contributed by atoms with E-state index in [0.29, 0.717) is 6.61 Å². The summed E-state index contributed by atoms with van der Waals surface area (Å²) in [5, 5.41) is 3.10. The molecule has 2 aromatic rings. The predicted octanol–water partition coefficient (Wildman–Crippen LogP) is 2.39. The Morgan fingerprint density at radius 2 is 1.95 bits per heavy atom. The molecule has 0 radical (unpaired) electrons. The third kappa shape index (κ3) is 3.69. The monoisotopic (exact) mass is 258 g/mol. The standard InChI is InChI=1S/C15H18N2O2/c1-16-9-13-10-17-8-7-15(13)19-11-12-3-5-14(18-2)6-4-12/h3-8,10,16H,9,11H2,1-2H3. The van der Waals surface area contributed by atoms with Crippen molar-refractivity contribution >= 4 is 0 Å². The van der Waals surface area contributed by atoms with Crippen LogP contribution in [0.15, 0.2) is 42.7 Å². The molecule has 0 spiro atoms. The van der Waals surface area contributed by atoms with Crippen molar-refractivity contribution in [2.45, 2.75) is 13.2 Å². The number of aromatic nitrogens is 1. The zero-order valence-corrected chi connectivity index (χ0v) is 11.2. The van der Waals surface area contributed by atoms with Gasteiger partial charge in [-0.15, -0.1) is 0 Å². The molecule has 0 bridgehead atoms. The molecule has 0 unspecified atom stereocenters. The van der Waals surface area contributed by atoms with Crippen LogP contribution >= 0.6 is 0 Å². The van der Waals surface area contributed by atoms with Gasteiger partial charge in [0.2, 0.25) is 0 Å². The lowest BCUT2D eigenvalue weighted by molar-refractivity contribution is 0.301. The molecule has 4 heteroatoms. The summed E-state index contributed by atoms with van der Waals surface area (Å²) in [5.74, 6) is 1.71. The summed E-state index contributed by atoms with van der Waals surface area (Å²) in [6.07, 6.45) is 3.56. The lowest BCUT2D eigenvalue weighted by atomic mass is 10.2. The number of nitrogens with one attached hydrogen (secondary N) is 1. The average molecular weight is 258 g/mol. The van der Waals surface area contributed by atoms with Crippen LogP contribution in [0, 0.1) is 0 Å². The first-order chi connectivity index (χ1) is 9.33. The highest BCUT2D eigenvalue weighted by atomic mass is 16.5. The molecule has 0 atom stereocenters. The number of nitrogens with zero attached hydrogens (tertiary/aromatic N) is 1. The third-order valence-electron chi connectivity index (χ3n) is 2.78. The largest absolute Gasteiger partial charge is 0.497 e. The van der Waals surface area contributed by atoms with Crippen LogP contribution in [0.3, 0.4) is 0 Å². The first-order valence-electron chi connectivity index (χ1n) is 6.16. The second-order valence-electron chi connectivity index (χ2n) is 4.15. The summed E-state index contributed by atoms with van der Waals surface area (Å²) in [6, 6.07) is 9.74. The average Bonchev–Trinajstić information content (AvgIpc) is 2.47. The Morgan fingerprint density at radius 3 is 2.63 bits per heavy atom. The lowest BCUT2D eigenvalue weighted by Crippen LogP contribution is -2.08. The Bertz CT molecular complexity index is 512. The summed E-state index contributed by atoms with van der Waals surface area (Å²) in [4.78, 5) is 4.11. The third-order valence-corrected chi connectivity index (χ3v) is 2.78. The van der Waals surface area contributed by atoms with E-state index >= 15 is 0 Å².